The van der Waals surface area contributed by atoms with Crippen LogP contribution in [-0.2, 0) is 24.3 Å². The Balaban J connectivity index is 1.33. The molecule has 0 bridgehead atoms. The van der Waals surface area contributed by atoms with E-state index in [1.165, 1.54) is 10.8 Å². The van der Waals surface area contributed by atoms with Gasteiger partial charge in [-0.3, -0.25) is 19.1 Å². The molecule has 4 aromatic rings. The van der Waals surface area contributed by atoms with Crippen molar-refractivity contribution in [1.29, 1.82) is 0 Å². The summed E-state index contributed by atoms with van der Waals surface area (Å²) in [5.41, 5.74) is 0.961. The number of aromatic amines is 1. The SMILES string of the molecule is COc1ccc(C(OCCCC(=O)C[C@H](O)[C@H]2O[C@@H](n3cc(C)c(=O)[nH]c3=O)C[C@@H]2O[Si](C)(C)C(C)(C)C)(c2ccccc2)c2ccc(OC)cc2)cc1. The van der Waals surface area contributed by atoms with Crippen LogP contribution in [0.2, 0.25) is 18.1 Å². The van der Waals surface area contributed by atoms with E-state index in [-0.39, 0.29) is 36.7 Å². The maximum Gasteiger partial charge on any atom is 0.330 e. The molecule has 3 aromatic carbocycles. The minimum atomic E-state index is -2.35. The van der Waals surface area contributed by atoms with E-state index in [0.717, 1.165) is 28.2 Å². The predicted molar refractivity (Wildman–Crippen MR) is 210 cm³/mol. The van der Waals surface area contributed by atoms with Gasteiger partial charge in [-0.2, -0.15) is 0 Å². The Morgan fingerprint density at radius 1 is 0.926 bits per heavy atom. The second-order valence-electron chi connectivity index (χ2n) is 15.5. The van der Waals surface area contributed by atoms with Crippen LogP contribution < -0.4 is 20.7 Å². The summed E-state index contributed by atoms with van der Waals surface area (Å²) in [7, 11) is 0.899. The van der Waals surface area contributed by atoms with Crippen molar-refractivity contribution >= 4 is 14.1 Å². The summed E-state index contributed by atoms with van der Waals surface area (Å²) in [6.07, 6.45) is -1.25. The highest BCUT2D eigenvalue weighted by Crippen LogP contribution is 2.43. The molecule has 5 rings (SSSR count). The second kappa shape index (κ2) is 17.0. The lowest BCUT2D eigenvalue weighted by atomic mass is 9.80. The molecule has 0 radical (unpaired) electrons. The first-order valence-corrected chi connectivity index (χ1v) is 21.3. The van der Waals surface area contributed by atoms with Crippen LogP contribution in [0, 0.1) is 6.92 Å². The average Bonchev–Trinajstić information content (AvgIpc) is 3.56. The van der Waals surface area contributed by atoms with Crippen molar-refractivity contribution in [1.82, 2.24) is 9.55 Å². The fourth-order valence-electron chi connectivity index (χ4n) is 6.67. The van der Waals surface area contributed by atoms with Gasteiger partial charge in [0, 0.05) is 37.6 Å². The standard InChI is InChI=1S/C42H54N2O9Si/c1-28-27-44(40(48)43-39(28)47)37-26-36(53-54(7,8)41(2,3)4)38(52-37)35(46)25-32(45)15-12-24-51-42(29-13-10-9-11-14-29,30-16-20-33(49-5)21-17-30)31-18-22-34(50-6)23-19-31/h9-11,13-14,16-23,27,35-38,46H,12,15,24-26H2,1-8H3,(H,43,47,48)/t35-,36-,37+,38+/m0/s1. The first kappa shape index (κ1) is 40.8. The number of carbonyl (C=O) groups is 1. The van der Waals surface area contributed by atoms with E-state index < -0.39 is 49.7 Å². The molecule has 2 N–H and O–H groups in total. The average molecular weight is 759 g/mol. The summed E-state index contributed by atoms with van der Waals surface area (Å²) >= 11 is 0. The summed E-state index contributed by atoms with van der Waals surface area (Å²) in [4.78, 5) is 40.7. The molecule has 54 heavy (non-hydrogen) atoms. The zero-order valence-corrected chi connectivity index (χ0v) is 33.6. The number of rotatable bonds is 16. The van der Waals surface area contributed by atoms with Gasteiger partial charge in [0.05, 0.1) is 26.4 Å². The van der Waals surface area contributed by atoms with E-state index in [9.17, 15) is 19.5 Å². The second-order valence-corrected chi connectivity index (χ2v) is 20.2. The zero-order chi connectivity index (χ0) is 39.3. The van der Waals surface area contributed by atoms with Crippen molar-refractivity contribution in [3.05, 3.63) is 128 Å². The topological polar surface area (TPSA) is 138 Å². The largest absolute Gasteiger partial charge is 0.497 e. The van der Waals surface area contributed by atoms with Gasteiger partial charge in [0.15, 0.2) is 8.32 Å². The predicted octanol–water partition coefficient (Wildman–Crippen LogP) is 6.65. The number of ether oxygens (including phenoxy) is 4. The normalized spacial score (nSPS) is 18.4. The maximum absolute atomic E-state index is 13.5. The highest BCUT2D eigenvalue weighted by atomic mass is 28.4. The van der Waals surface area contributed by atoms with Gasteiger partial charge in [-0.25, -0.2) is 4.79 Å². The van der Waals surface area contributed by atoms with Crippen molar-refractivity contribution in [3.63, 3.8) is 0 Å². The lowest BCUT2D eigenvalue weighted by Gasteiger charge is -2.39. The number of aliphatic hydroxyl groups excluding tert-OH is 1. The molecule has 1 aliphatic rings. The molecule has 0 amide bonds. The van der Waals surface area contributed by atoms with Gasteiger partial charge < -0.3 is 28.5 Å². The van der Waals surface area contributed by atoms with E-state index >= 15 is 0 Å². The number of benzene rings is 3. The van der Waals surface area contributed by atoms with E-state index in [0.29, 0.717) is 12.0 Å². The van der Waals surface area contributed by atoms with Crippen LogP contribution in [0.3, 0.4) is 0 Å². The Kier molecular flexibility index (Phi) is 12.9. The number of carbonyl (C=O) groups excluding carboxylic acids is 1. The monoisotopic (exact) mass is 758 g/mol. The summed E-state index contributed by atoms with van der Waals surface area (Å²) in [6, 6.07) is 25.5. The van der Waals surface area contributed by atoms with Gasteiger partial charge in [0.1, 0.15) is 35.2 Å². The Bertz CT molecular complexity index is 1920. The van der Waals surface area contributed by atoms with Crippen molar-refractivity contribution in [3.8, 4) is 11.5 Å². The number of ketones is 1. The molecule has 290 valence electrons. The third kappa shape index (κ3) is 8.96. The fraction of sp³-hybridized carbons (Fsp3) is 0.452. The van der Waals surface area contributed by atoms with Gasteiger partial charge >= 0.3 is 5.69 Å². The number of aryl methyl sites for hydroxylation is 1. The molecule has 0 saturated carbocycles. The number of aromatic nitrogens is 2. The van der Waals surface area contributed by atoms with Gasteiger partial charge in [-0.05, 0) is 72.4 Å². The third-order valence-corrected chi connectivity index (χ3v) is 15.2. The molecule has 4 atom stereocenters. The molecule has 0 spiro atoms. The zero-order valence-electron chi connectivity index (χ0n) is 32.6. The van der Waals surface area contributed by atoms with Crippen molar-refractivity contribution < 1.29 is 33.3 Å². The smallest absolute Gasteiger partial charge is 0.330 e. The lowest BCUT2D eigenvalue weighted by molar-refractivity contribution is -0.127. The molecule has 12 heteroatoms. The number of H-pyrrole nitrogens is 1. The number of nitrogens with one attached hydrogen (secondary N) is 1. The number of hydrogen-bond donors (Lipinski definition) is 2. The van der Waals surface area contributed by atoms with Crippen LogP contribution in [-0.4, -0.2) is 67.9 Å². The van der Waals surface area contributed by atoms with Gasteiger partial charge in [0.25, 0.3) is 5.56 Å². The number of nitrogens with zero attached hydrogens (tertiary/aromatic N) is 1. The van der Waals surface area contributed by atoms with Crippen molar-refractivity contribution in [2.45, 2.75) is 102 Å². The minimum absolute atomic E-state index is 0.131. The van der Waals surface area contributed by atoms with Crippen LogP contribution in [0.25, 0.3) is 0 Å². The molecule has 0 unspecified atom stereocenters. The number of hydrogen-bond acceptors (Lipinski definition) is 9. The van der Waals surface area contributed by atoms with Crippen LogP contribution in [0.1, 0.15) is 74.9 Å². The minimum Gasteiger partial charge on any atom is -0.497 e. The molecular weight excluding hydrogens is 705 g/mol. The van der Waals surface area contributed by atoms with Crippen LogP contribution in [0.5, 0.6) is 11.5 Å². The highest BCUT2D eigenvalue weighted by Gasteiger charge is 2.47. The summed E-state index contributed by atoms with van der Waals surface area (Å²) in [5, 5.41) is 11.4. The first-order chi connectivity index (χ1) is 25.6. The molecule has 1 fully saturated rings. The number of methoxy groups -OCH3 is 2. The molecule has 0 aliphatic carbocycles. The Morgan fingerprint density at radius 2 is 1.48 bits per heavy atom. The van der Waals surface area contributed by atoms with Gasteiger partial charge in [0.2, 0.25) is 0 Å². The molecule has 1 saturated heterocycles. The van der Waals surface area contributed by atoms with Crippen LogP contribution >= 0.6 is 0 Å². The maximum atomic E-state index is 13.5. The molecular formula is C42H54N2O9Si. The van der Waals surface area contributed by atoms with E-state index in [1.54, 1.807) is 21.1 Å². The fourth-order valence-corrected chi connectivity index (χ4v) is 8.01. The van der Waals surface area contributed by atoms with E-state index in [1.807, 2.05) is 78.9 Å². The van der Waals surface area contributed by atoms with Crippen LogP contribution in [0.15, 0.2) is 94.6 Å². The van der Waals surface area contributed by atoms with E-state index in [4.69, 9.17) is 23.4 Å². The Labute approximate surface area is 318 Å². The summed E-state index contributed by atoms with van der Waals surface area (Å²) in [5.74, 6) is 1.28. The molecule has 1 aromatic heterocycles. The number of aliphatic hydroxyl groups is 1. The van der Waals surface area contributed by atoms with Crippen molar-refractivity contribution in [2.24, 2.45) is 0 Å². The molecule has 1 aliphatic heterocycles. The van der Waals surface area contributed by atoms with Gasteiger partial charge in [-0.1, -0.05) is 75.4 Å². The quantitative estimate of drug-likeness (QED) is 0.0731. The molecule has 11 nitrogen and oxygen atoms in total. The number of Topliss-reactive ketones (excluding diaryl/α,β-unsaturated/α-hetero) is 1. The summed E-state index contributed by atoms with van der Waals surface area (Å²) < 4.78 is 32.1. The Hall–Kier alpha value is -4.33. The van der Waals surface area contributed by atoms with Crippen LogP contribution in [0.4, 0.5) is 0 Å². The summed E-state index contributed by atoms with van der Waals surface area (Å²) in [6.45, 7) is 12.4. The lowest BCUT2D eigenvalue weighted by Crippen LogP contribution is -2.48. The molecule has 2 heterocycles. The van der Waals surface area contributed by atoms with E-state index in [2.05, 4.69) is 38.8 Å². The van der Waals surface area contributed by atoms with Gasteiger partial charge in [-0.15, -0.1) is 0 Å². The van der Waals surface area contributed by atoms with Crippen molar-refractivity contribution in [2.75, 3.05) is 20.8 Å². The first-order valence-electron chi connectivity index (χ1n) is 18.4. The highest BCUT2D eigenvalue weighted by molar-refractivity contribution is 6.74. The third-order valence-electron chi connectivity index (χ3n) is 10.7. The Morgan fingerprint density at radius 3 is 2.02 bits per heavy atom.